The summed E-state index contributed by atoms with van der Waals surface area (Å²) in [6, 6.07) is 31.3. The number of nitrogens with one attached hydrogen (secondary N) is 1. The van der Waals surface area contributed by atoms with Crippen LogP contribution in [-0.2, 0) is 0 Å². The van der Waals surface area contributed by atoms with Gasteiger partial charge in [-0.3, -0.25) is 4.79 Å². The third kappa shape index (κ3) is 4.39. The van der Waals surface area contributed by atoms with Crippen molar-refractivity contribution in [3.8, 4) is 11.5 Å². The highest BCUT2D eigenvalue weighted by Crippen LogP contribution is 2.44. The maximum absolute atomic E-state index is 12.7. The van der Waals surface area contributed by atoms with Crippen molar-refractivity contribution in [1.29, 1.82) is 0 Å². The standard InChI is InChI=1S/C27H19NO2S/c29-25(16-12-19-10-14-22(15-11-19)30-21-6-2-1-3-7-21)20-13-17-27-24(18-20)28-23-8-4-5-9-26(23)31-27/h1-18,28H. The number of benzene rings is 4. The monoisotopic (exact) mass is 421 g/mol. The Kier molecular flexibility index (Phi) is 5.29. The van der Waals surface area contributed by atoms with Crippen molar-refractivity contribution in [2.45, 2.75) is 9.79 Å². The van der Waals surface area contributed by atoms with Gasteiger partial charge in [0.25, 0.3) is 0 Å². The molecule has 0 saturated heterocycles. The molecule has 4 aromatic rings. The van der Waals surface area contributed by atoms with Crippen molar-refractivity contribution in [3.05, 3.63) is 114 Å². The lowest BCUT2D eigenvalue weighted by Crippen LogP contribution is -2.02. The van der Waals surface area contributed by atoms with Crippen LogP contribution in [0, 0.1) is 0 Å². The fraction of sp³-hybridized carbons (Fsp3) is 0. The van der Waals surface area contributed by atoms with Crippen LogP contribution in [0.15, 0.2) is 113 Å². The molecule has 150 valence electrons. The van der Waals surface area contributed by atoms with Crippen molar-refractivity contribution in [1.82, 2.24) is 0 Å². The van der Waals surface area contributed by atoms with E-state index in [1.807, 2.05) is 97.1 Å². The zero-order valence-corrected chi connectivity index (χ0v) is 17.4. The molecule has 0 spiro atoms. The average Bonchev–Trinajstić information content (AvgIpc) is 2.82. The number of hydrogen-bond donors (Lipinski definition) is 1. The SMILES string of the molecule is O=C(C=Cc1ccc(Oc2ccccc2)cc1)c1ccc2c(c1)Nc1ccccc1S2. The summed E-state index contributed by atoms with van der Waals surface area (Å²) < 4.78 is 5.81. The molecule has 0 saturated carbocycles. The second kappa shape index (κ2) is 8.54. The van der Waals surface area contributed by atoms with Crippen LogP contribution in [0.5, 0.6) is 11.5 Å². The topological polar surface area (TPSA) is 38.3 Å². The van der Waals surface area contributed by atoms with E-state index in [1.54, 1.807) is 17.8 Å². The summed E-state index contributed by atoms with van der Waals surface area (Å²) in [7, 11) is 0. The molecule has 1 aliphatic heterocycles. The first-order valence-corrected chi connectivity index (χ1v) is 10.8. The molecule has 4 heteroatoms. The normalized spacial score (nSPS) is 12.0. The lowest BCUT2D eigenvalue weighted by molar-refractivity contribution is 0.104. The quantitative estimate of drug-likeness (QED) is 0.234. The first-order valence-electron chi connectivity index (χ1n) is 9.98. The maximum atomic E-state index is 12.7. The molecule has 3 nitrogen and oxygen atoms in total. The summed E-state index contributed by atoms with van der Waals surface area (Å²) in [6.07, 6.45) is 3.43. The van der Waals surface area contributed by atoms with Gasteiger partial charge < -0.3 is 10.1 Å². The van der Waals surface area contributed by atoms with Gasteiger partial charge >= 0.3 is 0 Å². The van der Waals surface area contributed by atoms with Gasteiger partial charge in [0.05, 0.1) is 11.4 Å². The van der Waals surface area contributed by atoms with Crippen molar-refractivity contribution < 1.29 is 9.53 Å². The van der Waals surface area contributed by atoms with E-state index in [9.17, 15) is 4.79 Å². The molecule has 1 aliphatic rings. The highest BCUT2D eigenvalue weighted by Gasteiger charge is 2.16. The number of ether oxygens (including phenoxy) is 1. The summed E-state index contributed by atoms with van der Waals surface area (Å²) in [4.78, 5) is 15.0. The Labute approximate surface area is 185 Å². The van der Waals surface area contributed by atoms with Crippen LogP contribution < -0.4 is 10.1 Å². The maximum Gasteiger partial charge on any atom is 0.185 e. The Morgan fingerprint density at radius 2 is 1.45 bits per heavy atom. The van der Waals surface area contributed by atoms with Gasteiger partial charge in [0.15, 0.2) is 5.78 Å². The Balaban J connectivity index is 1.27. The molecule has 1 N–H and O–H groups in total. The van der Waals surface area contributed by atoms with Gasteiger partial charge in [0, 0.05) is 15.4 Å². The molecule has 0 fully saturated rings. The second-order valence-corrected chi connectivity index (χ2v) is 8.20. The molecular formula is C27H19NO2S. The Hall–Kier alpha value is -3.76. The van der Waals surface area contributed by atoms with Gasteiger partial charge in [-0.25, -0.2) is 0 Å². The second-order valence-electron chi connectivity index (χ2n) is 7.12. The summed E-state index contributed by atoms with van der Waals surface area (Å²) in [5.41, 5.74) is 3.63. The zero-order chi connectivity index (χ0) is 21.0. The minimum atomic E-state index is -0.0296. The van der Waals surface area contributed by atoms with Crippen LogP contribution in [0.2, 0.25) is 0 Å². The molecule has 0 radical (unpaired) electrons. The molecule has 0 amide bonds. The third-order valence-electron chi connectivity index (χ3n) is 4.93. The summed E-state index contributed by atoms with van der Waals surface area (Å²) in [6.45, 7) is 0. The van der Waals surface area contributed by atoms with Crippen LogP contribution in [0.4, 0.5) is 11.4 Å². The predicted molar refractivity (Wildman–Crippen MR) is 127 cm³/mol. The van der Waals surface area contributed by atoms with Gasteiger partial charge in [-0.2, -0.15) is 0 Å². The smallest absolute Gasteiger partial charge is 0.185 e. The van der Waals surface area contributed by atoms with Crippen LogP contribution in [0.1, 0.15) is 15.9 Å². The van der Waals surface area contributed by atoms with E-state index in [0.717, 1.165) is 33.3 Å². The van der Waals surface area contributed by atoms with Crippen molar-refractivity contribution in [2.24, 2.45) is 0 Å². The van der Waals surface area contributed by atoms with Gasteiger partial charge in [-0.05, 0) is 66.2 Å². The number of allylic oxidation sites excluding steroid dienone is 1. The van der Waals surface area contributed by atoms with Crippen molar-refractivity contribution in [2.75, 3.05) is 5.32 Å². The zero-order valence-electron chi connectivity index (χ0n) is 16.6. The lowest BCUT2D eigenvalue weighted by Gasteiger charge is -2.20. The number of ketones is 1. The fourth-order valence-corrected chi connectivity index (χ4v) is 4.30. The fourth-order valence-electron chi connectivity index (χ4n) is 3.33. The number of hydrogen-bond acceptors (Lipinski definition) is 4. The molecule has 0 unspecified atom stereocenters. The number of anilines is 2. The van der Waals surface area contributed by atoms with Gasteiger partial charge in [0.1, 0.15) is 11.5 Å². The Morgan fingerprint density at radius 1 is 0.742 bits per heavy atom. The number of carbonyl (C=O) groups is 1. The predicted octanol–water partition coefficient (Wildman–Crippen LogP) is 7.58. The molecule has 5 rings (SSSR count). The van der Waals surface area contributed by atoms with Crippen LogP contribution in [-0.4, -0.2) is 5.78 Å². The molecule has 4 aromatic carbocycles. The summed E-state index contributed by atoms with van der Waals surface area (Å²) in [5, 5.41) is 3.42. The Bertz CT molecular complexity index is 1260. The van der Waals surface area contributed by atoms with E-state index in [2.05, 4.69) is 11.4 Å². The molecule has 0 atom stereocenters. The molecule has 0 aromatic heterocycles. The minimum absolute atomic E-state index is 0.0296. The lowest BCUT2D eigenvalue weighted by atomic mass is 10.1. The molecule has 0 aliphatic carbocycles. The van der Waals surface area contributed by atoms with E-state index in [4.69, 9.17) is 4.74 Å². The van der Waals surface area contributed by atoms with Crippen molar-refractivity contribution in [3.63, 3.8) is 0 Å². The van der Waals surface area contributed by atoms with Gasteiger partial charge in [-0.1, -0.05) is 60.3 Å². The van der Waals surface area contributed by atoms with E-state index in [0.29, 0.717) is 5.56 Å². The largest absolute Gasteiger partial charge is 0.457 e. The first kappa shape index (κ1) is 19.2. The first-order chi connectivity index (χ1) is 15.2. The Morgan fingerprint density at radius 3 is 2.29 bits per heavy atom. The highest BCUT2D eigenvalue weighted by molar-refractivity contribution is 7.99. The van der Waals surface area contributed by atoms with Crippen LogP contribution in [0.3, 0.4) is 0 Å². The van der Waals surface area contributed by atoms with Crippen LogP contribution >= 0.6 is 11.8 Å². The third-order valence-corrected chi connectivity index (χ3v) is 6.08. The molecular weight excluding hydrogens is 402 g/mol. The molecule has 0 bridgehead atoms. The average molecular weight is 422 g/mol. The molecule has 31 heavy (non-hydrogen) atoms. The number of para-hydroxylation sites is 2. The minimum Gasteiger partial charge on any atom is -0.457 e. The van der Waals surface area contributed by atoms with E-state index in [1.165, 1.54) is 4.90 Å². The van der Waals surface area contributed by atoms with Crippen LogP contribution in [0.25, 0.3) is 6.08 Å². The number of rotatable bonds is 5. The van der Waals surface area contributed by atoms with E-state index < -0.39 is 0 Å². The highest BCUT2D eigenvalue weighted by atomic mass is 32.2. The van der Waals surface area contributed by atoms with Crippen molar-refractivity contribution >= 4 is 35.0 Å². The number of carbonyl (C=O) groups excluding carboxylic acids is 1. The van der Waals surface area contributed by atoms with Gasteiger partial charge in [-0.15, -0.1) is 0 Å². The summed E-state index contributed by atoms with van der Waals surface area (Å²) >= 11 is 1.71. The number of fused-ring (bicyclic) bond motifs is 2. The van der Waals surface area contributed by atoms with Gasteiger partial charge in [0.2, 0.25) is 0 Å². The summed E-state index contributed by atoms with van der Waals surface area (Å²) in [5.74, 6) is 1.52. The molecule has 1 heterocycles. The van der Waals surface area contributed by atoms with E-state index >= 15 is 0 Å². The van der Waals surface area contributed by atoms with E-state index in [-0.39, 0.29) is 5.78 Å².